The molecule has 2 aromatic heterocycles. The van der Waals surface area contributed by atoms with Crippen molar-refractivity contribution in [2.75, 3.05) is 5.32 Å². The zero-order valence-electron chi connectivity index (χ0n) is 17.5. The minimum Gasteiger partial charge on any atom is -0.297 e. The maximum absolute atomic E-state index is 12.6. The minimum absolute atomic E-state index is 0.0313. The molecule has 1 N–H and O–H groups in total. The van der Waals surface area contributed by atoms with Crippen LogP contribution in [0.4, 0.5) is 5.13 Å². The number of halogens is 1. The first-order valence-electron chi connectivity index (χ1n) is 9.66. The van der Waals surface area contributed by atoms with Crippen LogP contribution < -0.4 is 5.32 Å². The van der Waals surface area contributed by atoms with Crippen molar-refractivity contribution in [3.63, 3.8) is 0 Å². The third-order valence-corrected chi connectivity index (χ3v) is 5.68. The molecule has 31 heavy (non-hydrogen) atoms. The lowest BCUT2D eigenvalue weighted by atomic mass is 9.87. The van der Waals surface area contributed by atoms with Gasteiger partial charge in [-0.25, -0.2) is 4.68 Å². The second kappa shape index (κ2) is 8.20. The van der Waals surface area contributed by atoms with Crippen molar-refractivity contribution >= 4 is 34.2 Å². The Morgan fingerprint density at radius 1 is 1.13 bits per heavy atom. The first kappa shape index (κ1) is 21.1. The van der Waals surface area contributed by atoms with E-state index in [-0.39, 0.29) is 11.3 Å². The summed E-state index contributed by atoms with van der Waals surface area (Å²) in [5.74, 6) is 0.177. The molecule has 0 aliphatic carbocycles. The number of nitrogens with one attached hydrogen (secondary N) is 1. The average molecular weight is 453 g/mol. The van der Waals surface area contributed by atoms with E-state index in [0.29, 0.717) is 27.2 Å². The van der Waals surface area contributed by atoms with Gasteiger partial charge in [0.1, 0.15) is 0 Å². The monoisotopic (exact) mass is 452 g/mol. The molecule has 2 heterocycles. The summed E-state index contributed by atoms with van der Waals surface area (Å²) in [5, 5.41) is 12.2. The summed E-state index contributed by atoms with van der Waals surface area (Å²) in [6.07, 6.45) is 0. The molecular weight excluding hydrogens is 432 g/mol. The fourth-order valence-corrected chi connectivity index (χ4v) is 3.80. The van der Waals surface area contributed by atoms with Crippen molar-refractivity contribution in [1.29, 1.82) is 0 Å². The molecule has 0 saturated heterocycles. The fourth-order valence-electron chi connectivity index (χ4n) is 3.05. The van der Waals surface area contributed by atoms with E-state index in [1.807, 2.05) is 43.3 Å². The van der Waals surface area contributed by atoms with Crippen LogP contribution in [0.25, 0.3) is 17.2 Å². The Morgan fingerprint density at radius 3 is 2.55 bits per heavy atom. The molecule has 0 radical (unpaired) electrons. The van der Waals surface area contributed by atoms with E-state index in [4.69, 9.17) is 11.6 Å². The zero-order valence-corrected chi connectivity index (χ0v) is 19.1. The van der Waals surface area contributed by atoms with Crippen molar-refractivity contribution in [1.82, 2.24) is 24.4 Å². The van der Waals surface area contributed by atoms with E-state index in [9.17, 15) is 4.79 Å². The Kier molecular flexibility index (Phi) is 5.60. The lowest BCUT2D eigenvalue weighted by Gasteiger charge is -2.18. The first-order valence-corrected chi connectivity index (χ1v) is 10.8. The Morgan fingerprint density at radius 2 is 1.87 bits per heavy atom. The van der Waals surface area contributed by atoms with Crippen molar-refractivity contribution in [2.24, 2.45) is 0 Å². The number of amides is 1. The Labute approximate surface area is 189 Å². The van der Waals surface area contributed by atoms with E-state index in [1.165, 1.54) is 5.56 Å². The van der Waals surface area contributed by atoms with Gasteiger partial charge in [-0.1, -0.05) is 55.8 Å². The summed E-state index contributed by atoms with van der Waals surface area (Å²) in [4.78, 5) is 17.0. The standard InChI is InChI=1S/C22H21ClN6OS/c1-13-18(26-28-29(13)17-7-5-6-16(23)12-17)19-24-21(31-27-19)25-20(30)14-8-10-15(11-9-14)22(2,3)4/h5-12H,1-4H3,(H,24,25,27,30). The lowest BCUT2D eigenvalue weighted by molar-refractivity contribution is 0.102. The van der Waals surface area contributed by atoms with Gasteiger partial charge in [-0.2, -0.15) is 9.36 Å². The van der Waals surface area contributed by atoms with Gasteiger partial charge in [-0.05, 0) is 48.2 Å². The molecule has 0 spiro atoms. The molecule has 9 heteroatoms. The number of hydrogen-bond acceptors (Lipinski definition) is 6. The van der Waals surface area contributed by atoms with Crippen LogP contribution in [0.1, 0.15) is 42.4 Å². The summed E-state index contributed by atoms with van der Waals surface area (Å²) in [6, 6.07) is 14.9. The largest absolute Gasteiger partial charge is 0.297 e. The number of benzene rings is 2. The molecule has 0 bridgehead atoms. The SMILES string of the molecule is Cc1c(-c2nsc(NC(=O)c3ccc(C(C)(C)C)cc3)n2)nnn1-c1cccc(Cl)c1. The molecular formula is C22H21ClN6OS. The summed E-state index contributed by atoms with van der Waals surface area (Å²) in [6.45, 7) is 8.28. The Bertz CT molecular complexity index is 1240. The van der Waals surface area contributed by atoms with E-state index in [0.717, 1.165) is 22.9 Å². The number of carbonyl (C=O) groups is 1. The van der Waals surface area contributed by atoms with Crippen molar-refractivity contribution in [2.45, 2.75) is 33.1 Å². The number of carbonyl (C=O) groups excluding carboxylic acids is 1. The van der Waals surface area contributed by atoms with Crippen LogP contribution in [0, 0.1) is 6.92 Å². The van der Waals surface area contributed by atoms with Crippen LogP contribution in [0.3, 0.4) is 0 Å². The number of hydrogen-bond donors (Lipinski definition) is 1. The predicted molar refractivity (Wildman–Crippen MR) is 123 cm³/mol. The van der Waals surface area contributed by atoms with E-state index in [1.54, 1.807) is 16.8 Å². The van der Waals surface area contributed by atoms with Gasteiger partial charge in [0.25, 0.3) is 5.91 Å². The van der Waals surface area contributed by atoms with Gasteiger partial charge < -0.3 is 0 Å². The van der Waals surface area contributed by atoms with Gasteiger partial charge in [0.2, 0.25) is 5.13 Å². The molecule has 7 nitrogen and oxygen atoms in total. The smallest absolute Gasteiger partial charge is 0.257 e. The molecule has 1 amide bonds. The second-order valence-electron chi connectivity index (χ2n) is 8.12. The molecule has 0 saturated carbocycles. The average Bonchev–Trinajstić information content (AvgIpc) is 3.33. The summed E-state index contributed by atoms with van der Waals surface area (Å²) in [5.41, 5.74) is 3.88. The second-order valence-corrected chi connectivity index (χ2v) is 9.31. The molecule has 0 aliphatic heterocycles. The van der Waals surface area contributed by atoms with Crippen molar-refractivity contribution < 1.29 is 4.79 Å². The molecule has 0 atom stereocenters. The quantitative estimate of drug-likeness (QED) is 0.454. The minimum atomic E-state index is -0.234. The highest BCUT2D eigenvalue weighted by Crippen LogP contribution is 2.26. The number of anilines is 1. The molecule has 0 aliphatic rings. The number of aromatic nitrogens is 5. The summed E-state index contributed by atoms with van der Waals surface area (Å²) in [7, 11) is 0. The molecule has 4 aromatic rings. The molecule has 4 rings (SSSR count). The molecule has 158 valence electrons. The molecule has 0 unspecified atom stereocenters. The topological polar surface area (TPSA) is 85.6 Å². The van der Waals surface area contributed by atoms with E-state index < -0.39 is 0 Å². The maximum atomic E-state index is 12.6. The first-order chi connectivity index (χ1) is 14.7. The van der Waals surface area contributed by atoms with E-state index in [2.05, 4.69) is 45.8 Å². The number of nitrogens with zero attached hydrogens (tertiary/aromatic N) is 5. The Hall–Kier alpha value is -3.10. The van der Waals surface area contributed by atoms with Crippen LogP contribution in [0.15, 0.2) is 48.5 Å². The molecule has 0 fully saturated rings. The van der Waals surface area contributed by atoms with Crippen LogP contribution >= 0.6 is 23.1 Å². The van der Waals surface area contributed by atoms with E-state index >= 15 is 0 Å². The maximum Gasteiger partial charge on any atom is 0.257 e. The van der Waals surface area contributed by atoms with Crippen LogP contribution in [-0.4, -0.2) is 30.3 Å². The highest BCUT2D eigenvalue weighted by molar-refractivity contribution is 7.10. The molecule has 2 aromatic carbocycles. The van der Waals surface area contributed by atoms with Gasteiger partial charge in [0.15, 0.2) is 11.5 Å². The van der Waals surface area contributed by atoms with Crippen LogP contribution in [-0.2, 0) is 5.41 Å². The van der Waals surface area contributed by atoms with Crippen molar-refractivity contribution in [3.8, 4) is 17.2 Å². The highest BCUT2D eigenvalue weighted by atomic mass is 35.5. The lowest BCUT2D eigenvalue weighted by Crippen LogP contribution is -2.14. The van der Waals surface area contributed by atoms with Gasteiger partial charge in [-0.15, -0.1) is 5.10 Å². The summed E-state index contributed by atoms with van der Waals surface area (Å²) >= 11 is 7.18. The summed E-state index contributed by atoms with van der Waals surface area (Å²) < 4.78 is 6.02. The van der Waals surface area contributed by atoms with Crippen LogP contribution in [0.2, 0.25) is 5.02 Å². The number of rotatable bonds is 4. The normalized spacial score (nSPS) is 11.5. The third-order valence-electron chi connectivity index (χ3n) is 4.82. The predicted octanol–water partition coefficient (Wildman–Crippen LogP) is 5.30. The van der Waals surface area contributed by atoms with Gasteiger partial charge in [0, 0.05) is 22.1 Å². The van der Waals surface area contributed by atoms with Crippen molar-refractivity contribution in [3.05, 3.63) is 70.4 Å². The van der Waals surface area contributed by atoms with Gasteiger partial charge in [0.05, 0.1) is 11.4 Å². The van der Waals surface area contributed by atoms with Gasteiger partial charge >= 0.3 is 0 Å². The third kappa shape index (κ3) is 4.50. The highest BCUT2D eigenvalue weighted by Gasteiger charge is 2.19. The van der Waals surface area contributed by atoms with Crippen LogP contribution in [0.5, 0.6) is 0 Å². The Balaban J connectivity index is 1.52. The van der Waals surface area contributed by atoms with Gasteiger partial charge in [-0.3, -0.25) is 10.1 Å². The zero-order chi connectivity index (χ0) is 22.2. The fraction of sp³-hybridized carbons (Fsp3) is 0.227.